The van der Waals surface area contributed by atoms with Gasteiger partial charge in [-0.2, -0.15) is 4.73 Å². The zero-order chi connectivity index (χ0) is 12.5. The summed E-state index contributed by atoms with van der Waals surface area (Å²) < 4.78 is 7.28. The van der Waals surface area contributed by atoms with Crippen molar-refractivity contribution in [2.24, 2.45) is 0 Å². The number of rotatable bonds is 4. The first-order chi connectivity index (χ1) is 8.79. The Kier molecular flexibility index (Phi) is 2.79. The highest BCUT2D eigenvalue weighted by Crippen LogP contribution is 2.31. The fourth-order valence-electron chi connectivity index (χ4n) is 2.35. The fraction of sp³-hybridized carbons (Fsp3) is 0.500. The van der Waals surface area contributed by atoms with E-state index >= 15 is 0 Å². The molecule has 98 valence electrons. The molecule has 18 heavy (non-hydrogen) atoms. The van der Waals surface area contributed by atoms with Crippen LogP contribution in [0.3, 0.4) is 0 Å². The van der Waals surface area contributed by atoms with E-state index in [0.717, 1.165) is 24.5 Å². The van der Waals surface area contributed by atoms with Crippen LogP contribution in [0.1, 0.15) is 12.8 Å². The summed E-state index contributed by atoms with van der Waals surface area (Å²) >= 11 is 0. The van der Waals surface area contributed by atoms with E-state index < -0.39 is 0 Å². The number of hydrogen-bond donors (Lipinski definition) is 2. The third-order valence-corrected chi connectivity index (χ3v) is 3.19. The summed E-state index contributed by atoms with van der Waals surface area (Å²) in [7, 11) is 0. The molecule has 0 unspecified atom stereocenters. The van der Waals surface area contributed by atoms with Crippen LogP contribution in [0.25, 0.3) is 11.1 Å². The second kappa shape index (κ2) is 4.45. The minimum absolute atomic E-state index is 0.0457. The van der Waals surface area contributed by atoms with E-state index in [1.54, 1.807) is 6.07 Å². The van der Waals surface area contributed by atoms with Gasteiger partial charge in [0.05, 0.1) is 6.61 Å². The molecule has 3 heterocycles. The highest BCUT2D eigenvalue weighted by atomic mass is 16.7. The minimum atomic E-state index is -0.0457. The van der Waals surface area contributed by atoms with Crippen LogP contribution in [0, 0.1) is 0 Å². The van der Waals surface area contributed by atoms with Crippen molar-refractivity contribution in [2.75, 3.05) is 36.9 Å². The molecule has 0 saturated carbocycles. The summed E-state index contributed by atoms with van der Waals surface area (Å²) in [6, 6.07) is 3.68. The zero-order valence-electron chi connectivity index (χ0n) is 10.1. The molecule has 1 aliphatic rings. The van der Waals surface area contributed by atoms with Gasteiger partial charge in [-0.15, -0.1) is 0 Å². The number of nitrogens with two attached hydrogens (primary N) is 1. The molecular weight excluding hydrogens is 234 g/mol. The minimum Gasteiger partial charge on any atom is -0.439 e. The molecule has 1 fully saturated rings. The molecule has 0 amide bonds. The first-order valence-corrected chi connectivity index (χ1v) is 6.19. The summed E-state index contributed by atoms with van der Waals surface area (Å²) in [6.07, 6.45) is 2.40. The third-order valence-electron chi connectivity index (χ3n) is 3.19. The molecule has 0 radical (unpaired) electrons. The largest absolute Gasteiger partial charge is 0.439 e. The van der Waals surface area contributed by atoms with Gasteiger partial charge in [-0.3, -0.25) is 0 Å². The van der Waals surface area contributed by atoms with Crippen molar-refractivity contribution in [2.45, 2.75) is 12.8 Å². The molecule has 0 atom stereocenters. The van der Waals surface area contributed by atoms with E-state index in [2.05, 4.69) is 4.90 Å². The molecule has 6 heteroatoms. The van der Waals surface area contributed by atoms with Crippen molar-refractivity contribution < 1.29 is 14.4 Å². The van der Waals surface area contributed by atoms with Crippen molar-refractivity contribution >= 4 is 22.8 Å². The molecule has 1 saturated heterocycles. The summed E-state index contributed by atoms with van der Waals surface area (Å²) in [4.78, 5) is 7.59. The lowest BCUT2D eigenvalue weighted by molar-refractivity contribution is 0.0867. The predicted octanol–water partition coefficient (Wildman–Crippen LogP) is 0.838. The van der Waals surface area contributed by atoms with Gasteiger partial charge in [-0.05, 0) is 12.8 Å². The fourth-order valence-corrected chi connectivity index (χ4v) is 2.35. The number of aliphatic hydroxyl groups excluding tert-OH is 1. The van der Waals surface area contributed by atoms with Gasteiger partial charge in [-0.25, -0.2) is 0 Å². The summed E-state index contributed by atoms with van der Waals surface area (Å²) in [5.74, 6) is 1.34. The van der Waals surface area contributed by atoms with Gasteiger partial charge in [0.2, 0.25) is 0 Å². The number of aliphatic hydroxyl groups is 1. The van der Waals surface area contributed by atoms with Crippen LogP contribution < -0.4 is 15.5 Å². The number of hydrogen-bond acceptors (Lipinski definition) is 5. The van der Waals surface area contributed by atoms with E-state index in [1.807, 2.05) is 6.07 Å². The van der Waals surface area contributed by atoms with Crippen LogP contribution in [-0.2, 0) is 0 Å². The molecule has 1 aliphatic heterocycles. The Labute approximate surface area is 104 Å². The van der Waals surface area contributed by atoms with Crippen molar-refractivity contribution in [3.8, 4) is 0 Å². The smallest absolute Gasteiger partial charge is 0.198 e. The topological polar surface area (TPSA) is 76.8 Å². The van der Waals surface area contributed by atoms with E-state index in [0.29, 0.717) is 11.4 Å². The molecule has 2 aromatic rings. The molecule has 0 bridgehead atoms. The predicted molar refractivity (Wildman–Crippen MR) is 68.6 cm³/mol. The lowest BCUT2D eigenvalue weighted by atomic mass is 10.4. The number of furan rings is 1. The maximum atomic E-state index is 8.80. The van der Waals surface area contributed by atoms with E-state index in [9.17, 15) is 0 Å². The van der Waals surface area contributed by atoms with Crippen LogP contribution in [0.2, 0.25) is 0 Å². The molecule has 6 nitrogen and oxygen atoms in total. The Morgan fingerprint density at radius 1 is 1.33 bits per heavy atom. The molecule has 0 spiro atoms. The first-order valence-electron chi connectivity index (χ1n) is 6.19. The highest BCUT2D eigenvalue weighted by molar-refractivity contribution is 5.82. The summed E-state index contributed by atoms with van der Waals surface area (Å²) in [6.45, 7) is 2.22. The lowest BCUT2D eigenvalue weighted by Gasteiger charge is -2.12. The van der Waals surface area contributed by atoms with Crippen molar-refractivity contribution in [1.29, 1.82) is 0 Å². The molecule has 0 aliphatic carbocycles. The van der Waals surface area contributed by atoms with Crippen LogP contribution in [0.4, 0.5) is 11.7 Å². The standard InChI is InChI=1S/C12H17N3O3/c13-11-8-10-9(15(11)17-6-5-16)7-12(18-10)14-3-1-2-4-14/h7-8,16H,1-6,13H2. The number of fused-ring (bicyclic) bond motifs is 1. The number of nitrogens with zero attached hydrogens (tertiary/aromatic N) is 2. The maximum absolute atomic E-state index is 8.80. The molecular formula is C12H17N3O3. The van der Waals surface area contributed by atoms with Crippen LogP contribution in [-0.4, -0.2) is 36.1 Å². The molecule has 3 rings (SSSR count). The average Bonchev–Trinajstić information content (AvgIpc) is 3.01. The first kappa shape index (κ1) is 11.3. The normalized spacial score (nSPS) is 15.7. The maximum Gasteiger partial charge on any atom is 0.198 e. The van der Waals surface area contributed by atoms with Crippen molar-refractivity contribution in [3.05, 3.63) is 12.1 Å². The lowest BCUT2D eigenvalue weighted by Crippen LogP contribution is -2.18. The van der Waals surface area contributed by atoms with E-state index in [-0.39, 0.29) is 13.2 Å². The van der Waals surface area contributed by atoms with Crippen molar-refractivity contribution in [1.82, 2.24) is 4.73 Å². The second-order valence-electron chi connectivity index (χ2n) is 4.45. The number of anilines is 2. The Morgan fingerprint density at radius 2 is 2.11 bits per heavy atom. The Morgan fingerprint density at radius 3 is 2.83 bits per heavy atom. The van der Waals surface area contributed by atoms with Crippen LogP contribution >= 0.6 is 0 Å². The average molecular weight is 251 g/mol. The summed E-state index contributed by atoms with van der Waals surface area (Å²) in [5.41, 5.74) is 7.35. The van der Waals surface area contributed by atoms with Gasteiger partial charge in [-0.1, -0.05) is 0 Å². The van der Waals surface area contributed by atoms with Gasteiger partial charge in [0, 0.05) is 25.2 Å². The van der Waals surface area contributed by atoms with Crippen molar-refractivity contribution in [3.63, 3.8) is 0 Å². The number of nitrogen functional groups attached to an aromatic ring is 1. The Balaban J connectivity index is 1.93. The molecule has 3 N–H and O–H groups in total. The molecule has 0 aromatic carbocycles. The number of aromatic nitrogens is 1. The van der Waals surface area contributed by atoms with E-state index in [1.165, 1.54) is 17.6 Å². The van der Waals surface area contributed by atoms with Crippen LogP contribution in [0.15, 0.2) is 16.5 Å². The van der Waals surface area contributed by atoms with Gasteiger partial charge >= 0.3 is 0 Å². The van der Waals surface area contributed by atoms with Gasteiger partial charge in [0.15, 0.2) is 11.5 Å². The second-order valence-corrected chi connectivity index (χ2v) is 4.45. The van der Waals surface area contributed by atoms with E-state index in [4.69, 9.17) is 20.1 Å². The Bertz CT molecular complexity index is 540. The third kappa shape index (κ3) is 1.78. The molecule has 2 aromatic heterocycles. The summed E-state index contributed by atoms with van der Waals surface area (Å²) in [5, 5.41) is 8.80. The Hall–Kier alpha value is -1.82. The zero-order valence-corrected chi connectivity index (χ0v) is 10.1. The van der Waals surface area contributed by atoms with Gasteiger partial charge in [0.25, 0.3) is 0 Å². The SMILES string of the molecule is Nc1cc2oc(N3CCCC3)cc2n1OCCO. The van der Waals surface area contributed by atoms with Crippen LogP contribution in [0.5, 0.6) is 0 Å². The monoisotopic (exact) mass is 251 g/mol. The van der Waals surface area contributed by atoms with Gasteiger partial charge < -0.3 is 25.0 Å². The highest BCUT2D eigenvalue weighted by Gasteiger charge is 2.19. The van der Waals surface area contributed by atoms with Gasteiger partial charge in [0.1, 0.15) is 17.9 Å². The quantitative estimate of drug-likeness (QED) is 0.842.